The Hall–Kier alpha value is -1.64. The van der Waals surface area contributed by atoms with Crippen molar-refractivity contribution in [1.29, 1.82) is 0 Å². The molecular formula is C13H14IN3O3. The Labute approximate surface area is 130 Å². The summed E-state index contributed by atoms with van der Waals surface area (Å²) < 4.78 is 2.87. The molecule has 2 heterocycles. The number of nitrogens with one attached hydrogen (secondary N) is 2. The van der Waals surface area contributed by atoms with Crippen molar-refractivity contribution in [2.75, 3.05) is 6.54 Å². The molecule has 0 spiro atoms. The van der Waals surface area contributed by atoms with Crippen molar-refractivity contribution in [2.45, 2.75) is 18.9 Å². The predicted octanol–water partition coefficient (Wildman–Crippen LogP) is 0.570. The Bertz CT molecular complexity index is 553. The molecule has 0 aromatic rings. The highest BCUT2D eigenvalue weighted by Gasteiger charge is 2.39. The number of hydrogen-bond donors (Lipinski definition) is 2. The Morgan fingerprint density at radius 2 is 2.15 bits per heavy atom. The van der Waals surface area contributed by atoms with Crippen LogP contribution in [0.25, 0.3) is 0 Å². The van der Waals surface area contributed by atoms with Gasteiger partial charge in [-0.05, 0) is 6.42 Å². The molecule has 20 heavy (non-hydrogen) atoms. The number of rotatable bonds is 4. The summed E-state index contributed by atoms with van der Waals surface area (Å²) in [4.78, 5) is 36.9. The van der Waals surface area contributed by atoms with Gasteiger partial charge in [0.25, 0.3) is 5.91 Å². The first-order valence-corrected chi connectivity index (χ1v) is 7.13. The van der Waals surface area contributed by atoms with Crippen molar-refractivity contribution in [3.8, 4) is 0 Å². The molecule has 106 valence electrons. The number of carbonyl (C=O) groups is 3. The highest BCUT2D eigenvalue weighted by molar-refractivity contribution is 14.1. The molecular weight excluding hydrogens is 373 g/mol. The van der Waals surface area contributed by atoms with Gasteiger partial charge in [-0.25, -0.2) is 0 Å². The molecule has 0 radical (unpaired) electrons. The molecule has 2 N–H and O–H groups in total. The van der Waals surface area contributed by atoms with E-state index in [2.05, 4.69) is 22.0 Å². The minimum absolute atomic E-state index is 0.240. The van der Waals surface area contributed by atoms with Crippen molar-refractivity contribution in [1.82, 2.24) is 13.7 Å². The van der Waals surface area contributed by atoms with E-state index >= 15 is 0 Å². The molecule has 0 aromatic heterocycles. The minimum atomic E-state index is -0.616. The summed E-state index contributed by atoms with van der Waals surface area (Å²) in [6.45, 7) is 7.77. The van der Waals surface area contributed by atoms with Gasteiger partial charge in [-0.3, -0.25) is 19.7 Å². The van der Waals surface area contributed by atoms with E-state index in [4.69, 9.17) is 0 Å². The second kappa shape index (κ2) is 5.78. The largest absolute Gasteiger partial charge is 0.329 e. The van der Waals surface area contributed by atoms with Gasteiger partial charge in [0, 0.05) is 29.8 Å². The molecule has 6 nitrogen and oxygen atoms in total. The molecule has 3 amide bonds. The van der Waals surface area contributed by atoms with Crippen LogP contribution >= 0.6 is 22.9 Å². The second-order valence-electron chi connectivity index (χ2n) is 4.57. The van der Waals surface area contributed by atoms with Crippen molar-refractivity contribution in [3.05, 3.63) is 36.1 Å². The monoisotopic (exact) mass is 387 g/mol. The lowest BCUT2D eigenvalue weighted by Crippen LogP contribution is -2.53. The zero-order valence-corrected chi connectivity index (χ0v) is 12.9. The summed E-state index contributed by atoms with van der Waals surface area (Å²) in [6, 6.07) is -0.616. The van der Waals surface area contributed by atoms with E-state index in [1.165, 1.54) is 11.0 Å². The van der Waals surface area contributed by atoms with Crippen LogP contribution in [0.4, 0.5) is 0 Å². The second-order valence-corrected chi connectivity index (χ2v) is 5.11. The summed E-state index contributed by atoms with van der Waals surface area (Å²) in [5, 5.41) is 2.26. The van der Waals surface area contributed by atoms with Crippen LogP contribution in [0, 0.1) is 0 Å². The van der Waals surface area contributed by atoms with Crippen LogP contribution < -0.4 is 8.85 Å². The van der Waals surface area contributed by atoms with Gasteiger partial charge < -0.3 is 8.43 Å². The predicted molar refractivity (Wildman–Crippen MR) is 81.4 cm³/mol. The lowest BCUT2D eigenvalue weighted by molar-refractivity contribution is -0.142. The van der Waals surface area contributed by atoms with E-state index < -0.39 is 11.9 Å². The number of imide groups is 1. The van der Waals surface area contributed by atoms with E-state index in [0.717, 1.165) is 5.57 Å². The van der Waals surface area contributed by atoms with Gasteiger partial charge in [0.1, 0.15) is 6.04 Å². The molecule has 2 aliphatic rings. The first-order chi connectivity index (χ1) is 9.49. The fourth-order valence-corrected chi connectivity index (χ4v) is 2.69. The fourth-order valence-electron chi connectivity index (χ4n) is 2.37. The summed E-state index contributed by atoms with van der Waals surface area (Å²) >= 11 is 1.93. The molecule has 0 bridgehead atoms. The maximum absolute atomic E-state index is 12.4. The van der Waals surface area contributed by atoms with E-state index in [9.17, 15) is 14.4 Å². The SMILES string of the molecule is C=CC1=C(C(=C)NI)CN(C2CCC(=O)NC2=O)C1=O. The van der Waals surface area contributed by atoms with Crippen LogP contribution in [0.3, 0.4) is 0 Å². The Morgan fingerprint density at radius 1 is 1.45 bits per heavy atom. The average Bonchev–Trinajstić information content (AvgIpc) is 2.75. The topological polar surface area (TPSA) is 78.5 Å². The molecule has 0 aliphatic carbocycles. The molecule has 1 unspecified atom stereocenters. The summed E-state index contributed by atoms with van der Waals surface area (Å²) in [5.74, 6) is -0.974. The van der Waals surface area contributed by atoms with Crippen molar-refractivity contribution >= 4 is 40.6 Å². The number of amides is 3. The minimum Gasteiger partial charge on any atom is -0.329 e. The third kappa shape index (κ3) is 2.49. The maximum atomic E-state index is 12.4. The van der Waals surface area contributed by atoms with Crippen molar-refractivity contribution in [3.63, 3.8) is 0 Å². The molecule has 1 saturated heterocycles. The molecule has 7 heteroatoms. The number of carbonyl (C=O) groups excluding carboxylic acids is 3. The van der Waals surface area contributed by atoms with Gasteiger partial charge in [-0.15, -0.1) is 0 Å². The van der Waals surface area contributed by atoms with Crippen LogP contribution in [0.5, 0.6) is 0 Å². The average molecular weight is 387 g/mol. The van der Waals surface area contributed by atoms with Crippen LogP contribution in [0.15, 0.2) is 36.1 Å². The van der Waals surface area contributed by atoms with E-state index in [1.54, 1.807) is 0 Å². The normalized spacial score (nSPS) is 22.9. The summed E-state index contributed by atoms with van der Waals surface area (Å²) in [6.07, 6.45) is 2.06. The lowest BCUT2D eigenvalue weighted by Gasteiger charge is -2.29. The van der Waals surface area contributed by atoms with Gasteiger partial charge in [0.15, 0.2) is 0 Å². The number of piperidine rings is 1. The Morgan fingerprint density at radius 3 is 2.70 bits per heavy atom. The first kappa shape index (κ1) is 14.8. The molecule has 0 saturated carbocycles. The van der Waals surface area contributed by atoms with Crippen molar-refractivity contribution < 1.29 is 14.4 Å². The quantitative estimate of drug-likeness (QED) is 0.420. The zero-order chi connectivity index (χ0) is 14.9. The highest BCUT2D eigenvalue weighted by Crippen LogP contribution is 2.28. The standard InChI is InChI=1S/C13H14IN3O3/c1-3-8-9(7(2)16-14)6-17(13(8)20)10-4-5-11(18)15-12(10)19/h3,10,16H,1-2,4-6H2,(H,15,18,19). The maximum Gasteiger partial charge on any atom is 0.255 e. The van der Waals surface area contributed by atoms with Crippen LogP contribution in [-0.4, -0.2) is 35.2 Å². The molecule has 1 fully saturated rings. The van der Waals surface area contributed by atoms with Gasteiger partial charge in [0.05, 0.1) is 22.9 Å². The summed E-state index contributed by atoms with van der Waals surface area (Å²) in [5.41, 5.74) is 1.79. The third-order valence-corrected chi connectivity index (χ3v) is 4.06. The lowest BCUT2D eigenvalue weighted by atomic mass is 10.0. The number of halogens is 1. The Kier molecular flexibility index (Phi) is 4.26. The summed E-state index contributed by atoms with van der Waals surface area (Å²) in [7, 11) is 0. The van der Waals surface area contributed by atoms with Gasteiger partial charge in [-0.1, -0.05) is 19.2 Å². The van der Waals surface area contributed by atoms with Gasteiger partial charge in [-0.2, -0.15) is 0 Å². The molecule has 0 aromatic carbocycles. The third-order valence-electron chi connectivity index (χ3n) is 3.41. The van der Waals surface area contributed by atoms with E-state index in [1.807, 2.05) is 22.9 Å². The van der Waals surface area contributed by atoms with Crippen LogP contribution in [-0.2, 0) is 14.4 Å². The number of hydrogen-bond acceptors (Lipinski definition) is 4. The van der Waals surface area contributed by atoms with Crippen LogP contribution in [0.2, 0.25) is 0 Å². The highest BCUT2D eigenvalue weighted by atomic mass is 127. The van der Waals surface area contributed by atoms with Crippen molar-refractivity contribution in [2.24, 2.45) is 0 Å². The van der Waals surface area contributed by atoms with Gasteiger partial charge in [0.2, 0.25) is 11.8 Å². The Balaban J connectivity index is 2.24. The molecule has 2 aliphatic heterocycles. The van der Waals surface area contributed by atoms with Crippen LogP contribution in [0.1, 0.15) is 12.8 Å². The smallest absolute Gasteiger partial charge is 0.255 e. The number of nitrogens with zero attached hydrogens (tertiary/aromatic N) is 1. The van der Waals surface area contributed by atoms with Gasteiger partial charge >= 0.3 is 0 Å². The fraction of sp³-hybridized carbons (Fsp3) is 0.308. The molecule has 1 atom stereocenters. The molecule has 2 rings (SSSR count). The van der Waals surface area contributed by atoms with E-state index in [-0.39, 0.29) is 18.2 Å². The zero-order valence-electron chi connectivity index (χ0n) is 10.7. The first-order valence-electron chi connectivity index (χ1n) is 6.05. The van der Waals surface area contributed by atoms with E-state index in [0.29, 0.717) is 24.2 Å².